The number of piperidine rings is 1. The third kappa shape index (κ3) is 2.50. The van der Waals surface area contributed by atoms with E-state index in [0.29, 0.717) is 6.04 Å². The Labute approximate surface area is 103 Å². The molecule has 0 aromatic rings. The zero-order chi connectivity index (χ0) is 11.7. The fourth-order valence-electron chi connectivity index (χ4n) is 3.49. The Kier molecular flexibility index (Phi) is 3.39. The Morgan fingerprint density at radius 2 is 2.18 bits per heavy atom. The summed E-state index contributed by atoms with van der Waals surface area (Å²) >= 11 is 0. The highest BCUT2D eigenvalue weighted by Crippen LogP contribution is 2.35. The first kappa shape index (κ1) is 11.9. The van der Waals surface area contributed by atoms with Crippen molar-refractivity contribution in [3.8, 4) is 0 Å². The van der Waals surface area contributed by atoms with E-state index in [1.165, 1.54) is 0 Å². The van der Waals surface area contributed by atoms with Crippen LogP contribution in [0.1, 0.15) is 32.1 Å². The average Bonchev–Trinajstić information content (AvgIpc) is 2.77. The fourth-order valence-corrected chi connectivity index (χ4v) is 3.49. The van der Waals surface area contributed by atoms with Gasteiger partial charge in [0.05, 0.1) is 18.3 Å². The highest BCUT2D eigenvalue weighted by molar-refractivity contribution is 4.94. The summed E-state index contributed by atoms with van der Waals surface area (Å²) in [5.41, 5.74) is -0.00861. The summed E-state index contributed by atoms with van der Waals surface area (Å²) < 4.78 is 11.5. The van der Waals surface area contributed by atoms with Gasteiger partial charge < -0.3 is 14.6 Å². The minimum Gasteiger partial charge on any atom is -0.392 e. The average molecular weight is 241 g/mol. The van der Waals surface area contributed by atoms with E-state index in [0.717, 1.165) is 65.0 Å². The molecule has 3 fully saturated rings. The number of β-amino-alcohol motifs (C(OH)–C–C–N with tert-alkyl or cyclic N) is 1. The smallest absolute Gasteiger partial charge is 0.0951 e. The number of hydrogen-bond acceptors (Lipinski definition) is 4. The number of aliphatic hydroxyl groups excluding tert-OH is 1. The Bertz CT molecular complexity index is 265. The van der Waals surface area contributed by atoms with Crippen LogP contribution in [0.4, 0.5) is 0 Å². The van der Waals surface area contributed by atoms with Gasteiger partial charge in [0.2, 0.25) is 0 Å². The third-order valence-corrected chi connectivity index (χ3v) is 4.48. The van der Waals surface area contributed by atoms with E-state index >= 15 is 0 Å². The molecule has 3 rings (SSSR count). The van der Waals surface area contributed by atoms with E-state index in [1.807, 2.05) is 0 Å². The van der Waals surface area contributed by atoms with Gasteiger partial charge in [-0.15, -0.1) is 0 Å². The van der Waals surface area contributed by atoms with Gasteiger partial charge in [-0.1, -0.05) is 0 Å². The predicted molar refractivity (Wildman–Crippen MR) is 64.0 cm³/mol. The number of rotatable bonds is 1. The largest absolute Gasteiger partial charge is 0.392 e. The topological polar surface area (TPSA) is 41.9 Å². The van der Waals surface area contributed by atoms with Gasteiger partial charge in [-0.2, -0.15) is 0 Å². The molecule has 0 bridgehead atoms. The van der Waals surface area contributed by atoms with Crippen LogP contribution < -0.4 is 0 Å². The Hall–Kier alpha value is -0.160. The maximum atomic E-state index is 9.77. The van der Waals surface area contributed by atoms with Gasteiger partial charge in [0.15, 0.2) is 0 Å². The van der Waals surface area contributed by atoms with Crippen LogP contribution in [0.15, 0.2) is 0 Å². The van der Waals surface area contributed by atoms with Crippen molar-refractivity contribution >= 4 is 0 Å². The summed E-state index contributed by atoms with van der Waals surface area (Å²) in [5, 5.41) is 9.77. The van der Waals surface area contributed by atoms with E-state index in [-0.39, 0.29) is 11.7 Å². The van der Waals surface area contributed by atoms with Crippen molar-refractivity contribution in [2.24, 2.45) is 0 Å². The molecule has 4 heteroatoms. The molecule has 1 spiro atoms. The molecule has 1 N–H and O–H groups in total. The highest BCUT2D eigenvalue weighted by Gasteiger charge is 2.42. The van der Waals surface area contributed by atoms with Gasteiger partial charge in [0.1, 0.15) is 0 Å². The zero-order valence-corrected chi connectivity index (χ0v) is 10.4. The lowest BCUT2D eigenvalue weighted by molar-refractivity contribution is -0.112. The van der Waals surface area contributed by atoms with E-state index < -0.39 is 0 Å². The molecule has 4 nitrogen and oxygen atoms in total. The molecule has 3 atom stereocenters. The first-order valence-electron chi connectivity index (χ1n) is 6.91. The van der Waals surface area contributed by atoms with Crippen molar-refractivity contribution in [3.05, 3.63) is 0 Å². The molecule has 0 saturated carbocycles. The molecular formula is C13H23NO3. The van der Waals surface area contributed by atoms with Crippen LogP contribution in [0.2, 0.25) is 0 Å². The Morgan fingerprint density at radius 1 is 1.24 bits per heavy atom. The SMILES string of the molecule is OC1CCCN(C2CCOC3(CCOC3)C2)C1. The van der Waals surface area contributed by atoms with Gasteiger partial charge >= 0.3 is 0 Å². The number of nitrogens with zero attached hydrogens (tertiary/aromatic N) is 1. The minimum atomic E-state index is -0.123. The third-order valence-electron chi connectivity index (χ3n) is 4.48. The van der Waals surface area contributed by atoms with Crippen molar-refractivity contribution in [2.45, 2.75) is 49.9 Å². The second-order valence-electron chi connectivity index (χ2n) is 5.77. The fraction of sp³-hybridized carbons (Fsp3) is 1.00. The lowest BCUT2D eigenvalue weighted by Crippen LogP contribution is -2.52. The Balaban J connectivity index is 1.62. The van der Waals surface area contributed by atoms with Gasteiger partial charge in [-0.05, 0) is 32.2 Å². The van der Waals surface area contributed by atoms with E-state index in [9.17, 15) is 5.11 Å². The quantitative estimate of drug-likeness (QED) is 0.736. The van der Waals surface area contributed by atoms with Gasteiger partial charge in [0, 0.05) is 32.2 Å². The predicted octanol–water partition coefficient (Wildman–Crippen LogP) is 0.781. The maximum absolute atomic E-state index is 9.77. The van der Waals surface area contributed by atoms with Crippen LogP contribution in [-0.4, -0.2) is 60.7 Å². The molecule has 0 aromatic heterocycles. The van der Waals surface area contributed by atoms with Gasteiger partial charge in [0.25, 0.3) is 0 Å². The standard InChI is InChI=1S/C13H23NO3/c15-12-2-1-5-14(9-12)11-3-6-17-13(8-11)4-7-16-10-13/h11-12,15H,1-10H2. The van der Waals surface area contributed by atoms with Crippen molar-refractivity contribution in [3.63, 3.8) is 0 Å². The maximum Gasteiger partial charge on any atom is 0.0951 e. The lowest BCUT2D eigenvalue weighted by atomic mass is 9.88. The summed E-state index contributed by atoms with van der Waals surface area (Å²) in [6.07, 6.45) is 5.20. The number of likely N-dealkylation sites (tertiary alicyclic amines) is 1. The molecule has 3 unspecified atom stereocenters. The number of hydrogen-bond donors (Lipinski definition) is 1. The normalized spacial score (nSPS) is 44.3. The molecule has 3 saturated heterocycles. The van der Waals surface area contributed by atoms with E-state index in [1.54, 1.807) is 0 Å². The Morgan fingerprint density at radius 3 is 2.94 bits per heavy atom. The molecule has 0 aromatic carbocycles. The minimum absolute atomic E-state index is 0.00861. The van der Waals surface area contributed by atoms with Crippen LogP contribution in [0.25, 0.3) is 0 Å². The van der Waals surface area contributed by atoms with Crippen LogP contribution in [0.3, 0.4) is 0 Å². The number of ether oxygens (including phenoxy) is 2. The second kappa shape index (κ2) is 4.84. The molecule has 0 amide bonds. The summed E-state index contributed by atoms with van der Waals surface area (Å²) in [5.74, 6) is 0. The number of aliphatic hydroxyl groups is 1. The van der Waals surface area contributed by atoms with Crippen molar-refractivity contribution in [2.75, 3.05) is 32.9 Å². The lowest BCUT2D eigenvalue weighted by Gasteiger charge is -2.44. The van der Waals surface area contributed by atoms with Crippen molar-refractivity contribution in [1.29, 1.82) is 0 Å². The van der Waals surface area contributed by atoms with E-state index in [2.05, 4.69) is 4.90 Å². The van der Waals surface area contributed by atoms with Crippen LogP contribution in [-0.2, 0) is 9.47 Å². The molecule has 0 radical (unpaired) electrons. The first-order chi connectivity index (χ1) is 8.27. The first-order valence-corrected chi connectivity index (χ1v) is 6.91. The molecule has 17 heavy (non-hydrogen) atoms. The molecule has 3 aliphatic rings. The van der Waals surface area contributed by atoms with Crippen LogP contribution in [0, 0.1) is 0 Å². The summed E-state index contributed by atoms with van der Waals surface area (Å²) in [7, 11) is 0. The monoisotopic (exact) mass is 241 g/mol. The van der Waals surface area contributed by atoms with Crippen molar-refractivity contribution < 1.29 is 14.6 Å². The van der Waals surface area contributed by atoms with E-state index in [4.69, 9.17) is 9.47 Å². The highest BCUT2D eigenvalue weighted by atomic mass is 16.6. The summed E-state index contributed by atoms with van der Waals surface area (Å²) in [6, 6.07) is 0.584. The molecule has 3 heterocycles. The molecule has 98 valence electrons. The van der Waals surface area contributed by atoms with Gasteiger partial charge in [-0.3, -0.25) is 4.90 Å². The van der Waals surface area contributed by atoms with Crippen LogP contribution in [0.5, 0.6) is 0 Å². The van der Waals surface area contributed by atoms with Gasteiger partial charge in [-0.25, -0.2) is 0 Å². The van der Waals surface area contributed by atoms with Crippen molar-refractivity contribution in [1.82, 2.24) is 4.90 Å². The molecule has 3 aliphatic heterocycles. The second-order valence-corrected chi connectivity index (χ2v) is 5.77. The molecular weight excluding hydrogens is 218 g/mol. The summed E-state index contributed by atoms with van der Waals surface area (Å²) in [6.45, 7) is 4.44. The molecule has 0 aliphatic carbocycles. The van der Waals surface area contributed by atoms with Crippen LogP contribution >= 0.6 is 0 Å². The summed E-state index contributed by atoms with van der Waals surface area (Å²) in [4.78, 5) is 2.47. The zero-order valence-electron chi connectivity index (χ0n) is 10.4.